The zero-order valence-corrected chi connectivity index (χ0v) is 14.1. The van der Waals surface area contributed by atoms with Crippen LogP contribution in [0.5, 0.6) is 0 Å². The maximum absolute atomic E-state index is 5.97. The molecular formula is C18H10BrClS. The van der Waals surface area contributed by atoms with E-state index in [4.69, 9.17) is 11.6 Å². The molecule has 0 spiro atoms. The van der Waals surface area contributed by atoms with Crippen LogP contribution in [-0.4, -0.2) is 0 Å². The minimum Gasteiger partial charge on any atom is -0.135 e. The van der Waals surface area contributed by atoms with Crippen molar-refractivity contribution in [1.82, 2.24) is 0 Å². The molecule has 0 saturated carbocycles. The summed E-state index contributed by atoms with van der Waals surface area (Å²) in [6.07, 6.45) is 0. The monoisotopic (exact) mass is 372 g/mol. The minimum absolute atomic E-state index is 0.767. The summed E-state index contributed by atoms with van der Waals surface area (Å²) in [5, 5.41) is 3.37. The van der Waals surface area contributed by atoms with Gasteiger partial charge in [0.15, 0.2) is 0 Å². The molecule has 21 heavy (non-hydrogen) atoms. The topological polar surface area (TPSA) is 0 Å². The maximum Gasteiger partial charge on any atom is 0.0406 e. The highest BCUT2D eigenvalue weighted by Crippen LogP contribution is 2.39. The Morgan fingerprint density at radius 1 is 0.810 bits per heavy atom. The number of halogens is 2. The van der Waals surface area contributed by atoms with Crippen molar-refractivity contribution in [2.75, 3.05) is 0 Å². The summed E-state index contributed by atoms with van der Waals surface area (Å²) in [6, 6.07) is 21.0. The van der Waals surface area contributed by atoms with Gasteiger partial charge in [-0.2, -0.15) is 0 Å². The Labute approximate surface area is 140 Å². The summed E-state index contributed by atoms with van der Waals surface area (Å²) in [7, 11) is 0. The fraction of sp³-hybridized carbons (Fsp3) is 0. The molecule has 0 aliphatic heterocycles. The van der Waals surface area contributed by atoms with Crippen molar-refractivity contribution < 1.29 is 0 Å². The minimum atomic E-state index is 0.767. The summed E-state index contributed by atoms with van der Waals surface area (Å²) in [5.74, 6) is 0. The maximum atomic E-state index is 5.97. The van der Waals surface area contributed by atoms with Crippen LogP contribution in [0.3, 0.4) is 0 Å². The highest BCUT2D eigenvalue weighted by molar-refractivity contribution is 9.10. The van der Waals surface area contributed by atoms with Crippen LogP contribution in [0.15, 0.2) is 65.1 Å². The van der Waals surface area contributed by atoms with Crippen molar-refractivity contribution in [3.63, 3.8) is 0 Å². The number of benzene rings is 3. The molecule has 0 unspecified atom stereocenters. The Morgan fingerprint density at radius 2 is 1.57 bits per heavy atom. The molecule has 0 amide bonds. The van der Waals surface area contributed by atoms with Gasteiger partial charge in [0.05, 0.1) is 0 Å². The third kappa shape index (κ3) is 2.28. The molecule has 3 heteroatoms. The van der Waals surface area contributed by atoms with Gasteiger partial charge >= 0.3 is 0 Å². The highest BCUT2D eigenvalue weighted by Gasteiger charge is 2.09. The second-order valence-electron chi connectivity index (χ2n) is 4.93. The molecule has 4 aromatic rings. The number of thiophene rings is 1. The first-order chi connectivity index (χ1) is 10.2. The van der Waals surface area contributed by atoms with Crippen molar-refractivity contribution in [2.45, 2.75) is 0 Å². The van der Waals surface area contributed by atoms with Crippen LogP contribution in [-0.2, 0) is 0 Å². The molecule has 4 rings (SSSR count). The molecule has 0 aliphatic rings. The van der Waals surface area contributed by atoms with Crippen LogP contribution >= 0.6 is 38.9 Å². The first kappa shape index (κ1) is 13.3. The summed E-state index contributed by atoms with van der Waals surface area (Å²) >= 11 is 11.5. The van der Waals surface area contributed by atoms with Crippen molar-refractivity contribution in [3.05, 3.63) is 70.2 Å². The molecule has 1 heterocycles. The Kier molecular flexibility index (Phi) is 3.26. The van der Waals surface area contributed by atoms with Gasteiger partial charge in [-0.3, -0.25) is 0 Å². The molecular weight excluding hydrogens is 364 g/mol. The number of fused-ring (bicyclic) bond motifs is 3. The lowest BCUT2D eigenvalue weighted by Crippen LogP contribution is -1.77. The summed E-state index contributed by atoms with van der Waals surface area (Å²) in [4.78, 5) is 0. The van der Waals surface area contributed by atoms with E-state index < -0.39 is 0 Å². The van der Waals surface area contributed by atoms with E-state index in [1.165, 1.54) is 31.3 Å². The number of hydrogen-bond donors (Lipinski definition) is 0. The summed E-state index contributed by atoms with van der Waals surface area (Å²) < 4.78 is 3.78. The molecule has 0 N–H and O–H groups in total. The Hall–Kier alpha value is -1.35. The quantitative estimate of drug-likeness (QED) is 0.332. The normalized spacial score (nSPS) is 11.3. The van der Waals surface area contributed by atoms with Crippen LogP contribution in [0.25, 0.3) is 31.3 Å². The van der Waals surface area contributed by atoms with Crippen LogP contribution in [0.1, 0.15) is 0 Å². The van der Waals surface area contributed by atoms with Gasteiger partial charge in [-0.25, -0.2) is 0 Å². The molecule has 0 bridgehead atoms. The predicted molar refractivity (Wildman–Crippen MR) is 97.5 cm³/mol. The predicted octanol–water partition coefficient (Wildman–Crippen LogP) is 7.14. The van der Waals surface area contributed by atoms with E-state index in [-0.39, 0.29) is 0 Å². The summed E-state index contributed by atoms with van der Waals surface area (Å²) in [6.45, 7) is 0. The second-order valence-corrected chi connectivity index (χ2v) is 7.31. The van der Waals surface area contributed by atoms with E-state index in [9.17, 15) is 0 Å². The number of hydrogen-bond acceptors (Lipinski definition) is 1. The van der Waals surface area contributed by atoms with E-state index in [2.05, 4.69) is 64.5 Å². The standard InChI is InChI=1S/C18H10BrClS/c19-15-2-1-3-17-18(15)14-10-12(6-9-16(14)21-17)11-4-7-13(20)8-5-11/h1-10H. The molecule has 102 valence electrons. The summed E-state index contributed by atoms with van der Waals surface area (Å²) in [5.41, 5.74) is 2.40. The van der Waals surface area contributed by atoms with Crippen molar-refractivity contribution >= 4 is 59.0 Å². The van der Waals surface area contributed by atoms with Crippen LogP contribution < -0.4 is 0 Å². The van der Waals surface area contributed by atoms with Crippen LogP contribution in [0.2, 0.25) is 5.02 Å². The molecule has 0 aliphatic carbocycles. The molecule has 0 nitrogen and oxygen atoms in total. The van der Waals surface area contributed by atoms with Gasteiger partial charge in [0.2, 0.25) is 0 Å². The van der Waals surface area contributed by atoms with Crippen LogP contribution in [0.4, 0.5) is 0 Å². The van der Waals surface area contributed by atoms with E-state index in [1.807, 2.05) is 23.5 Å². The van der Waals surface area contributed by atoms with E-state index in [1.54, 1.807) is 0 Å². The first-order valence-electron chi connectivity index (χ1n) is 6.59. The van der Waals surface area contributed by atoms with Crippen molar-refractivity contribution in [3.8, 4) is 11.1 Å². The third-order valence-corrected chi connectivity index (χ3v) is 5.67. The molecule has 0 fully saturated rings. The molecule has 3 aromatic carbocycles. The van der Waals surface area contributed by atoms with Gasteiger partial charge in [0.1, 0.15) is 0 Å². The second kappa shape index (κ2) is 5.13. The Balaban J connectivity index is 2.00. The van der Waals surface area contributed by atoms with E-state index in [0.717, 1.165) is 9.50 Å². The highest BCUT2D eigenvalue weighted by atomic mass is 79.9. The molecule has 1 aromatic heterocycles. The molecule has 0 saturated heterocycles. The average Bonchev–Trinajstić information content (AvgIpc) is 2.87. The van der Waals surface area contributed by atoms with Gasteiger partial charge in [0.25, 0.3) is 0 Å². The van der Waals surface area contributed by atoms with Gasteiger partial charge in [-0.05, 0) is 47.5 Å². The fourth-order valence-electron chi connectivity index (χ4n) is 2.61. The fourth-order valence-corrected chi connectivity index (χ4v) is 4.56. The average molecular weight is 374 g/mol. The van der Waals surface area contributed by atoms with Crippen molar-refractivity contribution in [2.24, 2.45) is 0 Å². The lowest BCUT2D eigenvalue weighted by atomic mass is 10.0. The van der Waals surface area contributed by atoms with Gasteiger partial charge < -0.3 is 0 Å². The van der Waals surface area contributed by atoms with Crippen molar-refractivity contribution in [1.29, 1.82) is 0 Å². The Bertz CT molecular complexity index is 954. The van der Waals surface area contributed by atoms with Crippen LogP contribution in [0, 0.1) is 0 Å². The zero-order valence-electron chi connectivity index (χ0n) is 10.9. The van der Waals surface area contributed by atoms with E-state index >= 15 is 0 Å². The van der Waals surface area contributed by atoms with Gasteiger partial charge in [0, 0.05) is 29.7 Å². The largest absolute Gasteiger partial charge is 0.135 e. The zero-order chi connectivity index (χ0) is 14.4. The van der Waals surface area contributed by atoms with E-state index in [0.29, 0.717) is 0 Å². The smallest absolute Gasteiger partial charge is 0.0406 e. The van der Waals surface area contributed by atoms with Gasteiger partial charge in [-0.1, -0.05) is 51.8 Å². The third-order valence-electron chi connectivity index (χ3n) is 3.62. The van der Waals surface area contributed by atoms with Gasteiger partial charge in [-0.15, -0.1) is 11.3 Å². The lowest BCUT2D eigenvalue weighted by molar-refractivity contribution is 1.65. The SMILES string of the molecule is Clc1ccc(-c2ccc3sc4cccc(Br)c4c3c2)cc1. The molecule has 0 radical (unpaired) electrons. The first-order valence-corrected chi connectivity index (χ1v) is 8.58. The lowest BCUT2D eigenvalue weighted by Gasteiger charge is -2.03. The Morgan fingerprint density at radius 3 is 2.38 bits per heavy atom. The molecule has 0 atom stereocenters. The number of rotatable bonds is 1.